The van der Waals surface area contributed by atoms with Crippen LogP contribution in [0.4, 0.5) is 4.39 Å². The SMILES string of the molecule is CC(C)(F)CC1NC=CCC1(C)C. The molecule has 0 aromatic heterocycles. The quantitative estimate of drug-likeness (QED) is 0.697. The molecule has 0 aliphatic carbocycles. The van der Waals surface area contributed by atoms with Crippen LogP contribution in [0.2, 0.25) is 0 Å². The second kappa shape index (κ2) is 3.32. The second-order valence-electron chi connectivity index (χ2n) is 5.24. The first-order valence-electron chi connectivity index (χ1n) is 4.91. The van der Waals surface area contributed by atoms with Crippen molar-refractivity contribution in [1.29, 1.82) is 0 Å². The van der Waals surface area contributed by atoms with Gasteiger partial charge in [-0.25, -0.2) is 4.39 Å². The van der Waals surface area contributed by atoms with Gasteiger partial charge in [0.15, 0.2) is 0 Å². The van der Waals surface area contributed by atoms with E-state index in [0.717, 1.165) is 6.42 Å². The van der Waals surface area contributed by atoms with Crippen molar-refractivity contribution in [1.82, 2.24) is 5.32 Å². The highest BCUT2D eigenvalue weighted by Crippen LogP contribution is 2.33. The van der Waals surface area contributed by atoms with E-state index in [0.29, 0.717) is 6.42 Å². The lowest BCUT2D eigenvalue weighted by molar-refractivity contribution is 0.128. The molecule has 1 unspecified atom stereocenters. The molecular formula is C11H20FN. The lowest BCUT2D eigenvalue weighted by Gasteiger charge is -2.39. The van der Waals surface area contributed by atoms with Crippen molar-refractivity contribution in [3.63, 3.8) is 0 Å². The van der Waals surface area contributed by atoms with E-state index in [1.807, 2.05) is 6.20 Å². The van der Waals surface area contributed by atoms with Crippen molar-refractivity contribution in [3.05, 3.63) is 12.3 Å². The van der Waals surface area contributed by atoms with Gasteiger partial charge in [0.05, 0.1) is 0 Å². The Balaban J connectivity index is 2.63. The maximum absolute atomic E-state index is 13.5. The molecule has 13 heavy (non-hydrogen) atoms. The first kappa shape index (κ1) is 10.6. The van der Waals surface area contributed by atoms with E-state index in [4.69, 9.17) is 0 Å². The van der Waals surface area contributed by atoms with Gasteiger partial charge in [0, 0.05) is 12.5 Å². The Kier molecular flexibility index (Phi) is 2.69. The second-order valence-corrected chi connectivity index (χ2v) is 5.24. The van der Waals surface area contributed by atoms with Crippen LogP contribution in [0.25, 0.3) is 0 Å². The van der Waals surface area contributed by atoms with E-state index in [9.17, 15) is 4.39 Å². The van der Waals surface area contributed by atoms with E-state index in [1.165, 1.54) is 0 Å². The van der Waals surface area contributed by atoms with Gasteiger partial charge >= 0.3 is 0 Å². The largest absolute Gasteiger partial charge is 0.388 e. The van der Waals surface area contributed by atoms with E-state index in [2.05, 4.69) is 25.2 Å². The van der Waals surface area contributed by atoms with Crippen molar-refractivity contribution in [2.45, 2.75) is 52.2 Å². The number of halogens is 1. The third-order valence-electron chi connectivity index (χ3n) is 2.69. The summed E-state index contributed by atoms with van der Waals surface area (Å²) in [6.45, 7) is 7.64. The summed E-state index contributed by atoms with van der Waals surface area (Å²) in [6.07, 6.45) is 5.66. The normalized spacial score (nSPS) is 27.0. The van der Waals surface area contributed by atoms with Gasteiger partial charge in [-0.3, -0.25) is 0 Å². The zero-order valence-corrected chi connectivity index (χ0v) is 9.02. The summed E-state index contributed by atoms with van der Waals surface area (Å²) in [5.41, 5.74) is -0.918. The highest BCUT2D eigenvalue weighted by atomic mass is 19.1. The lowest BCUT2D eigenvalue weighted by Crippen LogP contribution is -2.44. The Morgan fingerprint density at radius 3 is 2.62 bits per heavy atom. The highest BCUT2D eigenvalue weighted by Gasteiger charge is 2.34. The van der Waals surface area contributed by atoms with Crippen LogP contribution in [0.3, 0.4) is 0 Å². The third-order valence-corrected chi connectivity index (χ3v) is 2.69. The number of allylic oxidation sites excluding steroid dienone is 1. The summed E-state index contributed by atoms with van der Waals surface area (Å²) in [7, 11) is 0. The molecule has 1 N–H and O–H groups in total. The van der Waals surface area contributed by atoms with Gasteiger partial charge in [-0.15, -0.1) is 0 Å². The van der Waals surface area contributed by atoms with Gasteiger partial charge in [0.1, 0.15) is 5.67 Å². The van der Waals surface area contributed by atoms with Crippen LogP contribution in [0.15, 0.2) is 12.3 Å². The summed E-state index contributed by atoms with van der Waals surface area (Å²) in [6, 6.07) is 0.248. The molecule has 0 spiro atoms. The van der Waals surface area contributed by atoms with E-state index >= 15 is 0 Å². The van der Waals surface area contributed by atoms with Crippen molar-refractivity contribution in [2.75, 3.05) is 0 Å². The average Bonchev–Trinajstić information content (AvgIpc) is 1.91. The molecule has 1 rings (SSSR count). The monoisotopic (exact) mass is 185 g/mol. The van der Waals surface area contributed by atoms with Gasteiger partial charge in [0.2, 0.25) is 0 Å². The molecule has 76 valence electrons. The Morgan fingerprint density at radius 2 is 2.15 bits per heavy atom. The molecular weight excluding hydrogens is 165 g/mol. The summed E-state index contributed by atoms with van der Waals surface area (Å²) in [4.78, 5) is 0. The van der Waals surface area contributed by atoms with E-state index in [-0.39, 0.29) is 11.5 Å². The van der Waals surface area contributed by atoms with Crippen molar-refractivity contribution in [3.8, 4) is 0 Å². The summed E-state index contributed by atoms with van der Waals surface area (Å²) in [5.74, 6) is 0. The molecule has 0 bridgehead atoms. The van der Waals surface area contributed by atoms with Crippen LogP contribution < -0.4 is 5.32 Å². The minimum absolute atomic E-state index is 0.165. The molecule has 0 fully saturated rings. The third kappa shape index (κ3) is 3.02. The molecule has 0 radical (unpaired) electrons. The molecule has 0 aromatic rings. The smallest absolute Gasteiger partial charge is 0.107 e. The van der Waals surface area contributed by atoms with Gasteiger partial charge < -0.3 is 5.32 Å². The molecule has 2 heteroatoms. The van der Waals surface area contributed by atoms with Crippen molar-refractivity contribution < 1.29 is 4.39 Å². The summed E-state index contributed by atoms with van der Waals surface area (Å²) >= 11 is 0. The lowest BCUT2D eigenvalue weighted by atomic mass is 9.76. The number of hydrogen-bond acceptors (Lipinski definition) is 1. The minimum Gasteiger partial charge on any atom is -0.388 e. The van der Waals surface area contributed by atoms with Crippen LogP contribution in [-0.4, -0.2) is 11.7 Å². The first-order chi connectivity index (χ1) is 5.81. The van der Waals surface area contributed by atoms with Crippen molar-refractivity contribution >= 4 is 0 Å². The molecule has 1 aliphatic rings. The standard InChI is InChI=1S/C11H20FN/c1-10(2)6-5-7-13-9(10)8-11(3,4)12/h5,7,9,13H,6,8H2,1-4H3. The van der Waals surface area contributed by atoms with E-state index < -0.39 is 5.67 Å². The minimum atomic E-state index is -1.08. The van der Waals surface area contributed by atoms with Gasteiger partial charge in [-0.05, 0) is 31.9 Å². The maximum atomic E-state index is 13.5. The average molecular weight is 185 g/mol. The number of hydrogen-bond donors (Lipinski definition) is 1. The molecule has 0 amide bonds. The molecule has 1 nitrogen and oxygen atoms in total. The van der Waals surface area contributed by atoms with E-state index in [1.54, 1.807) is 13.8 Å². The molecule has 0 saturated carbocycles. The first-order valence-corrected chi connectivity index (χ1v) is 4.91. The van der Waals surface area contributed by atoms with Gasteiger partial charge in [0.25, 0.3) is 0 Å². The molecule has 1 heterocycles. The number of alkyl halides is 1. The molecule has 0 aromatic carbocycles. The fourth-order valence-electron chi connectivity index (χ4n) is 1.74. The van der Waals surface area contributed by atoms with Crippen LogP contribution >= 0.6 is 0 Å². The highest BCUT2D eigenvalue weighted by molar-refractivity contribution is 5.01. The van der Waals surface area contributed by atoms with Gasteiger partial charge in [-0.2, -0.15) is 0 Å². The van der Waals surface area contributed by atoms with Crippen LogP contribution in [-0.2, 0) is 0 Å². The fraction of sp³-hybridized carbons (Fsp3) is 0.818. The summed E-state index contributed by atoms with van der Waals surface area (Å²) < 4.78 is 13.5. The molecule has 1 aliphatic heterocycles. The van der Waals surface area contributed by atoms with Crippen LogP contribution in [0.1, 0.15) is 40.5 Å². The Hall–Kier alpha value is -0.530. The Labute approximate surface area is 80.4 Å². The van der Waals surface area contributed by atoms with Crippen molar-refractivity contribution in [2.24, 2.45) is 5.41 Å². The summed E-state index contributed by atoms with van der Waals surface area (Å²) in [5, 5.41) is 3.25. The predicted molar refractivity (Wildman–Crippen MR) is 54.3 cm³/mol. The number of rotatable bonds is 2. The Bertz CT molecular complexity index is 201. The maximum Gasteiger partial charge on any atom is 0.107 e. The molecule has 1 atom stereocenters. The van der Waals surface area contributed by atoms with Crippen LogP contribution in [0.5, 0.6) is 0 Å². The van der Waals surface area contributed by atoms with Crippen LogP contribution in [0, 0.1) is 5.41 Å². The Morgan fingerprint density at radius 1 is 1.54 bits per heavy atom. The predicted octanol–water partition coefficient (Wildman–Crippen LogP) is 3.03. The zero-order valence-electron chi connectivity index (χ0n) is 9.02. The number of nitrogens with one attached hydrogen (secondary N) is 1. The zero-order chi connectivity index (χ0) is 10.1. The topological polar surface area (TPSA) is 12.0 Å². The van der Waals surface area contributed by atoms with Gasteiger partial charge in [-0.1, -0.05) is 19.9 Å². The fourth-order valence-corrected chi connectivity index (χ4v) is 1.74. The molecule has 0 saturated heterocycles.